The zero-order chi connectivity index (χ0) is 14.3. The molecule has 0 aliphatic carbocycles. The molecule has 2 rings (SSSR count). The number of nitrogens with zero attached hydrogens (tertiary/aromatic N) is 2. The second-order valence-corrected chi connectivity index (χ2v) is 4.36. The van der Waals surface area contributed by atoms with E-state index in [0.29, 0.717) is 0 Å². The number of methoxy groups -OCH3 is 1. The number of aromatic nitrogens is 2. The van der Waals surface area contributed by atoms with E-state index in [-0.39, 0.29) is 10.3 Å². The lowest BCUT2D eigenvalue weighted by molar-refractivity contribution is 0.0589. The number of fused-ring (bicyclic) bond motifs is 1. The molecule has 0 bridgehead atoms. The van der Waals surface area contributed by atoms with E-state index in [1.165, 1.54) is 6.92 Å². The van der Waals surface area contributed by atoms with Crippen molar-refractivity contribution in [2.45, 2.75) is 6.92 Å². The number of esters is 1. The third-order valence-corrected chi connectivity index (χ3v) is 3.20. The number of carbonyl (C=O) groups excluding carboxylic acids is 1. The van der Waals surface area contributed by atoms with Crippen LogP contribution in [0.4, 0.5) is 13.2 Å². The lowest BCUT2D eigenvalue weighted by Gasteiger charge is -2.08. The number of halogens is 4. The maximum Gasteiger partial charge on any atom is 0.344 e. The average Bonchev–Trinajstić information content (AvgIpc) is 2.38. The van der Waals surface area contributed by atoms with E-state index in [9.17, 15) is 18.0 Å². The summed E-state index contributed by atoms with van der Waals surface area (Å²) in [6.45, 7) is 1.49. The molecular formula is C11H6BrF3N2O2. The van der Waals surface area contributed by atoms with E-state index < -0.39 is 40.0 Å². The van der Waals surface area contributed by atoms with Gasteiger partial charge in [0.15, 0.2) is 17.5 Å². The minimum absolute atomic E-state index is 0.167. The largest absolute Gasteiger partial charge is 0.465 e. The highest BCUT2D eigenvalue weighted by molar-refractivity contribution is 9.10. The fraction of sp³-hybridized carbons (Fsp3) is 0.182. The van der Waals surface area contributed by atoms with Crippen molar-refractivity contribution in [3.05, 3.63) is 33.3 Å². The van der Waals surface area contributed by atoms with Gasteiger partial charge in [0.2, 0.25) is 0 Å². The van der Waals surface area contributed by atoms with Crippen molar-refractivity contribution in [2.24, 2.45) is 0 Å². The van der Waals surface area contributed by atoms with Crippen molar-refractivity contribution in [2.75, 3.05) is 7.11 Å². The van der Waals surface area contributed by atoms with Gasteiger partial charge in [0.05, 0.1) is 12.8 Å². The van der Waals surface area contributed by atoms with E-state index in [1.807, 2.05) is 0 Å². The van der Waals surface area contributed by atoms with Gasteiger partial charge in [-0.2, -0.15) is 0 Å². The summed E-state index contributed by atoms with van der Waals surface area (Å²) in [5.74, 6) is -5.73. The molecule has 2 aromatic rings. The van der Waals surface area contributed by atoms with Crippen molar-refractivity contribution < 1.29 is 22.7 Å². The van der Waals surface area contributed by atoms with Crippen LogP contribution in [0.1, 0.15) is 16.1 Å². The number of rotatable bonds is 1. The van der Waals surface area contributed by atoms with Crippen LogP contribution >= 0.6 is 15.9 Å². The SMILES string of the molecule is COC(=O)c1c(F)c(F)c2nc(C)c(Br)nc2c1F. The molecule has 0 atom stereocenters. The van der Waals surface area contributed by atoms with Crippen LogP contribution in [0.3, 0.4) is 0 Å². The minimum atomic E-state index is -1.65. The summed E-state index contributed by atoms with van der Waals surface area (Å²) < 4.78 is 45.9. The second kappa shape index (κ2) is 4.76. The third kappa shape index (κ3) is 2.05. The third-order valence-electron chi connectivity index (χ3n) is 2.45. The van der Waals surface area contributed by atoms with Gasteiger partial charge in [-0.3, -0.25) is 0 Å². The summed E-state index contributed by atoms with van der Waals surface area (Å²) in [6.07, 6.45) is 0. The highest BCUT2D eigenvalue weighted by atomic mass is 79.9. The molecule has 8 heteroatoms. The highest BCUT2D eigenvalue weighted by Gasteiger charge is 2.28. The standard InChI is InChI=1S/C11H6BrF3N2O2/c1-3-10(12)17-8-6(14)4(11(18)19-2)5(13)7(15)9(8)16-3/h1-2H3. The van der Waals surface area contributed by atoms with Crippen LogP contribution in [0.25, 0.3) is 11.0 Å². The summed E-state index contributed by atoms with van der Waals surface area (Å²) in [5.41, 5.74) is -1.99. The summed E-state index contributed by atoms with van der Waals surface area (Å²) in [6, 6.07) is 0. The molecule has 0 fully saturated rings. The fourth-order valence-electron chi connectivity index (χ4n) is 1.51. The molecule has 0 N–H and O–H groups in total. The van der Waals surface area contributed by atoms with E-state index >= 15 is 0 Å². The lowest BCUT2D eigenvalue weighted by atomic mass is 10.1. The number of hydrogen-bond donors (Lipinski definition) is 0. The molecule has 0 amide bonds. The first-order valence-electron chi connectivity index (χ1n) is 4.97. The van der Waals surface area contributed by atoms with E-state index in [2.05, 4.69) is 30.6 Å². The minimum Gasteiger partial charge on any atom is -0.465 e. The van der Waals surface area contributed by atoms with Crippen LogP contribution in [0, 0.1) is 24.4 Å². The Balaban J connectivity index is 2.96. The van der Waals surface area contributed by atoms with Gasteiger partial charge in [-0.25, -0.2) is 27.9 Å². The van der Waals surface area contributed by atoms with Crippen LogP contribution in [0.15, 0.2) is 4.60 Å². The Morgan fingerprint density at radius 2 is 1.68 bits per heavy atom. The number of benzene rings is 1. The predicted molar refractivity (Wildman–Crippen MR) is 63.2 cm³/mol. The van der Waals surface area contributed by atoms with Crippen molar-refractivity contribution in [1.29, 1.82) is 0 Å². The van der Waals surface area contributed by atoms with Crippen LogP contribution in [0.2, 0.25) is 0 Å². The van der Waals surface area contributed by atoms with Crippen LogP contribution in [-0.4, -0.2) is 23.0 Å². The molecule has 0 spiro atoms. The van der Waals surface area contributed by atoms with Gasteiger partial charge in [0, 0.05) is 0 Å². The van der Waals surface area contributed by atoms with Crippen molar-refractivity contribution in [3.8, 4) is 0 Å². The summed E-state index contributed by atoms with van der Waals surface area (Å²) >= 11 is 3.00. The second-order valence-electron chi connectivity index (χ2n) is 3.61. The topological polar surface area (TPSA) is 52.1 Å². The maximum absolute atomic E-state index is 14.0. The smallest absolute Gasteiger partial charge is 0.344 e. The molecule has 0 radical (unpaired) electrons. The van der Waals surface area contributed by atoms with Gasteiger partial charge in [-0.1, -0.05) is 0 Å². The Hall–Kier alpha value is -1.70. The zero-order valence-electron chi connectivity index (χ0n) is 9.72. The Kier molecular flexibility index (Phi) is 3.44. The van der Waals surface area contributed by atoms with Crippen LogP contribution in [0.5, 0.6) is 0 Å². The molecular weight excluding hydrogens is 329 g/mol. The zero-order valence-corrected chi connectivity index (χ0v) is 11.3. The number of ether oxygens (including phenoxy) is 1. The van der Waals surface area contributed by atoms with E-state index in [4.69, 9.17) is 0 Å². The molecule has 0 aliphatic rings. The molecule has 0 unspecified atom stereocenters. The monoisotopic (exact) mass is 334 g/mol. The Bertz CT molecular complexity index is 706. The number of aryl methyl sites for hydroxylation is 1. The highest BCUT2D eigenvalue weighted by Crippen LogP contribution is 2.27. The molecule has 1 heterocycles. The molecule has 19 heavy (non-hydrogen) atoms. The Labute approximate surface area is 113 Å². The maximum atomic E-state index is 14.0. The Morgan fingerprint density at radius 1 is 1.11 bits per heavy atom. The van der Waals surface area contributed by atoms with Gasteiger partial charge >= 0.3 is 5.97 Å². The first-order chi connectivity index (χ1) is 8.88. The molecule has 0 aliphatic heterocycles. The molecule has 100 valence electrons. The Morgan fingerprint density at radius 3 is 2.26 bits per heavy atom. The lowest BCUT2D eigenvalue weighted by Crippen LogP contribution is -2.12. The molecule has 0 saturated heterocycles. The van der Waals surface area contributed by atoms with Crippen molar-refractivity contribution >= 4 is 32.9 Å². The molecule has 1 aromatic heterocycles. The fourth-order valence-corrected chi connectivity index (χ4v) is 1.78. The van der Waals surface area contributed by atoms with Gasteiger partial charge < -0.3 is 4.74 Å². The average molecular weight is 335 g/mol. The summed E-state index contributed by atoms with van der Waals surface area (Å²) in [7, 11) is 0.931. The number of hydrogen-bond acceptors (Lipinski definition) is 4. The van der Waals surface area contributed by atoms with Gasteiger partial charge in [0.1, 0.15) is 21.2 Å². The number of carbonyl (C=O) groups is 1. The summed E-state index contributed by atoms with van der Waals surface area (Å²) in [5, 5.41) is 0. The predicted octanol–water partition coefficient (Wildman–Crippen LogP) is 2.90. The van der Waals surface area contributed by atoms with Gasteiger partial charge in [-0.05, 0) is 22.9 Å². The van der Waals surface area contributed by atoms with Gasteiger partial charge in [-0.15, -0.1) is 0 Å². The van der Waals surface area contributed by atoms with Crippen LogP contribution in [-0.2, 0) is 4.74 Å². The quantitative estimate of drug-likeness (QED) is 0.594. The van der Waals surface area contributed by atoms with Crippen LogP contribution < -0.4 is 0 Å². The summed E-state index contributed by atoms with van der Waals surface area (Å²) in [4.78, 5) is 18.7. The van der Waals surface area contributed by atoms with Crippen molar-refractivity contribution in [1.82, 2.24) is 9.97 Å². The van der Waals surface area contributed by atoms with Gasteiger partial charge in [0.25, 0.3) is 0 Å². The molecule has 0 saturated carbocycles. The first-order valence-corrected chi connectivity index (χ1v) is 5.76. The van der Waals surface area contributed by atoms with E-state index in [1.54, 1.807) is 0 Å². The normalized spacial score (nSPS) is 10.8. The first kappa shape index (κ1) is 13.7. The molecule has 4 nitrogen and oxygen atoms in total. The molecule has 1 aromatic carbocycles. The van der Waals surface area contributed by atoms with E-state index in [0.717, 1.165) is 7.11 Å². The van der Waals surface area contributed by atoms with Crippen molar-refractivity contribution in [3.63, 3.8) is 0 Å².